The number of nitrogens with one attached hydrogen (secondary N) is 2. The second-order valence-corrected chi connectivity index (χ2v) is 8.95. The molecule has 1 aromatic carbocycles. The van der Waals surface area contributed by atoms with Crippen LogP contribution in [0.2, 0.25) is 0 Å². The van der Waals surface area contributed by atoms with Crippen LogP contribution >= 0.6 is 0 Å². The molecule has 0 radical (unpaired) electrons. The fourth-order valence-corrected chi connectivity index (χ4v) is 4.61. The summed E-state index contributed by atoms with van der Waals surface area (Å²) in [6.45, 7) is 10.8. The van der Waals surface area contributed by atoms with Gasteiger partial charge in [-0.05, 0) is 38.8 Å². The van der Waals surface area contributed by atoms with E-state index in [0.29, 0.717) is 28.9 Å². The molecule has 2 heterocycles. The number of piperidine rings is 1. The fraction of sp³-hybridized carbons (Fsp3) is 0.565. The first-order chi connectivity index (χ1) is 14.2. The number of carbonyl (C=O) groups is 2. The van der Waals surface area contributed by atoms with Gasteiger partial charge < -0.3 is 24.3 Å². The van der Waals surface area contributed by atoms with Crippen LogP contribution < -0.4 is 15.0 Å². The van der Waals surface area contributed by atoms with Gasteiger partial charge in [-0.1, -0.05) is 13.8 Å². The molecule has 164 valence electrons. The van der Waals surface area contributed by atoms with E-state index >= 15 is 0 Å². The highest BCUT2D eigenvalue weighted by atomic mass is 16.5. The average Bonchev–Trinajstić information content (AvgIpc) is 2.92. The maximum atomic E-state index is 13.0. The summed E-state index contributed by atoms with van der Waals surface area (Å²) in [4.78, 5) is 27.0. The summed E-state index contributed by atoms with van der Waals surface area (Å²) in [7, 11) is 3.47. The molecule has 2 aromatic rings. The van der Waals surface area contributed by atoms with E-state index in [-0.39, 0.29) is 17.9 Å². The van der Waals surface area contributed by atoms with Crippen LogP contribution in [-0.4, -0.2) is 49.8 Å². The van der Waals surface area contributed by atoms with Crippen molar-refractivity contribution in [3.05, 3.63) is 23.4 Å². The van der Waals surface area contributed by atoms with Crippen LogP contribution in [0.5, 0.6) is 5.75 Å². The van der Waals surface area contributed by atoms with E-state index in [9.17, 15) is 9.59 Å². The van der Waals surface area contributed by atoms with E-state index in [0.717, 1.165) is 30.7 Å². The summed E-state index contributed by atoms with van der Waals surface area (Å²) in [5, 5.41) is 3.71. The van der Waals surface area contributed by atoms with Gasteiger partial charge in [-0.25, -0.2) is 4.79 Å². The number of amides is 1. The Morgan fingerprint density at radius 1 is 1.30 bits per heavy atom. The Bertz CT molecular complexity index is 961. The van der Waals surface area contributed by atoms with Crippen LogP contribution in [0, 0.1) is 12.3 Å². The van der Waals surface area contributed by atoms with Gasteiger partial charge in [0, 0.05) is 23.5 Å². The molecule has 7 heteroatoms. The molecule has 30 heavy (non-hydrogen) atoms. The van der Waals surface area contributed by atoms with E-state index in [1.807, 2.05) is 30.7 Å². The van der Waals surface area contributed by atoms with Crippen molar-refractivity contribution in [1.82, 2.24) is 4.57 Å². The molecule has 1 aromatic heterocycles. The highest BCUT2D eigenvalue weighted by molar-refractivity contribution is 6.14. The van der Waals surface area contributed by atoms with E-state index in [2.05, 4.69) is 19.2 Å². The molecule has 3 rings (SSSR count). The van der Waals surface area contributed by atoms with Crippen molar-refractivity contribution in [2.45, 2.75) is 40.5 Å². The second kappa shape index (κ2) is 8.68. The fourth-order valence-electron chi connectivity index (χ4n) is 4.61. The maximum absolute atomic E-state index is 13.0. The first-order valence-electron chi connectivity index (χ1n) is 10.6. The lowest BCUT2D eigenvalue weighted by Crippen LogP contribution is -3.15. The molecular weight excluding hydrogens is 382 g/mol. The molecule has 1 atom stereocenters. The number of quaternary nitrogens is 1. The van der Waals surface area contributed by atoms with Crippen molar-refractivity contribution in [2.24, 2.45) is 12.5 Å². The lowest BCUT2D eigenvalue weighted by atomic mass is 9.84. The standard InChI is InChI=1S/C23H33N3O4/c1-7-30-22(28)19-15(2)25(5)16-9-10-17(29-6)21(20(16)19)24-18(27)13-26-12-8-11-23(3,4)14-26/h9-10H,7-8,11-14H2,1-6H3,(H,24,27)/p+1. The first-order valence-corrected chi connectivity index (χ1v) is 10.6. The molecule has 0 saturated carbocycles. The molecule has 0 spiro atoms. The number of hydrogen-bond acceptors (Lipinski definition) is 4. The lowest BCUT2D eigenvalue weighted by Gasteiger charge is -2.34. The number of ether oxygens (including phenoxy) is 2. The molecule has 1 unspecified atom stereocenters. The Morgan fingerprint density at radius 3 is 2.67 bits per heavy atom. The van der Waals surface area contributed by atoms with E-state index in [1.54, 1.807) is 14.0 Å². The van der Waals surface area contributed by atoms with Crippen molar-refractivity contribution in [3.8, 4) is 5.75 Å². The number of methoxy groups -OCH3 is 1. The molecule has 7 nitrogen and oxygen atoms in total. The van der Waals surface area contributed by atoms with Crippen molar-refractivity contribution in [1.29, 1.82) is 0 Å². The molecular formula is C23H34N3O4+. The number of esters is 1. The van der Waals surface area contributed by atoms with E-state index < -0.39 is 5.97 Å². The number of rotatable bonds is 6. The monoisotopic (exact) mass is 416 g/mol. The van der Waals surface area contributed by atoms with Crippen LogP contribution in [-0.2, 0) is 16.6 Å². The summed E-state index contributed by atoms with van der Waals surface area (Å²) in [5.41, 5.74) is 2.88. The number of aryl methyl sites for hydroxylation is 1. The molecule has 2 N–H and O–H groups in total. The summed E-state index contributed by atoms with van der Waals surface area (Å²) in [6, 6.07) is 3.72. The zero-order valence-electron chi connectivity index (χ0n) is 19.0. The van der Waals surface area contributed by atoms with Gasteiger partial charge in [-0.15, -0.1) is 0 Å². The third-order valence-electron chi connectivity index (χ3n) is 6.11. The molecule has 0 aliphatic carbocycles. The molecule has 1 fully saturated rings. The molecule has 1 amide bonds. The Balaban J connectivity index is 1.98. The molecule has 1 aliphatic heterocycles. The smallest absolute Gasteiger partial charge is 0.340 e. The van der Waals surface area contributed by atoms with Gasteiger partial charge in [0.25, 0.3) is 5.91 Å². The summed E-state index contributed by atoms with van der Waals surface area (Å²) in [5.74, 6) is 0.0542. The molecule has 1 aliphatic rings. The SMILES string of the molecule is CCOC(=O)c1c(C)n(C)c2ccc(OC)c(NC(=O)C[NH+]3CCCC(C)(C)C3)c12. The van der Waals surface area contributed by atoms with Gasteiger partial charge in [-0.3, -0.25) is 4.79 Å². The number of carbonyl (C=O) groups excluding carboxylic acids is 2. The first kappa shape index (κ1) is 22.2. The van der Waals surface area contributed by atoms with Crippen LogP contribution in [0.4, 0.5) is 5.69 Å². The van der Waals surface area contributed by atoms with E-state index in [1.165, 1.54) is 11.3 Å². The van der Waals surface area contributed by atoms with Crippen LogP contribution in [0.1, 0.15) is 49.7 Å². The van der Waals surface area contributed by atoms with Gasteiger partial charge in [0.1, 0.15) is 5.75 Å². The summed E-state index contributed by atoms with van der Waals surface area (Å²) < 4.78 is 12.8. The molecule has 1 saturated heterocycles. The third-order valence-corrected chi connectivity index (χ3v) is 6.11. The Morgan fingerprint density at radius 2 is 2.03 bits per heavy atom. The Kier molecular flexibility index (Phi) is 6.41. The Hall–Kier alpha value is -2.54. The van der Waals surface area contributed by atoms with Crippen LogP contribution in [0.25, 0.3) is 10.9 Å². The third kappa shape index (κ3) is 4.31. The van der Waals surface area contributed by atoms with Crippen LogP contribution in [0.3, 0.4) is 0 Å². The second-order valence-electron chi connectivity index (χ2n) is 8.95. The zero-order valence-corrected chi connectivity index (χ0v) is 19.0. The Labute approximate surface area is 178 Å². The minimum atomic E-state index is -0.396. The zero-order chi connectivity index (χ0) is 22.1. The van der Waals surface area contributed by atoms with Gasteiger partial charge in [-0.2, -0.15) is 0 Å². The van der Waals surface area contributed by atoms with Crippen molar-refractivity contribution in [2.75, 3.05) is 38.7 Å². The summed E-state index contributed by atoms with van der Waals surface area (Å²) >= 11 is 0. The van der Waals surface area contributed by atoms with Gasteiger partial charge in [0.2, 0.25) is 0 Å². The van der Waals surface area contributed by atoms with Gasteiger partial charge in [0.15, 0.2) is 6.54 Å². The number of likely N-dealkylation sites (tertiary alicyclic amines) is 1. The predicted molar refractivity (Wildman–Crippen MR) is 117 cm³/mol. The van der Waals surface area contributed by atoms with Crippen LogP contribution in [0.15, 0.2) is 12.1 Å². The predicted octanol–water partition coefficient (Wildman–Crippen LogP) is 2.32. The minimum Gasteiger partial charge on any atom is -0.495 e. The highest BCUT2D eigenvalue weighted by Gasteiger charge is 2.31. The topological polar surface area (TPSA) is 74.0 Å². The van der Waals surface area contributed by atoms with Crippen molar-refractivity contribution >= 4 is 28.5 Å². The number of nitrogens with zero attached hydrogens (tertiary/aromatic N) is 1. The normalized spacial score (nSPS) is 18.3. The number of benzene rings is 1. The number of fused-ring (bicyclic) bond motifs is 1. The van der Waals surface area contributed by atoms with Gasteiger partial charge >= 0.3 is 5.97 Å². The minimum absolute atomic E-state index is 0.0789. The van der Waals surface area contributed by atoms with E-state index in [4.69, 9.17) is 9.47 Å². The summed E-state index contributed by atoms with van der Waals surface area (Å²) in [6.07, 6.45) is 2.32. The van der Waals surface area contributed by atoms with Crippen molar-refractivity contribution in [3.63, 3.8) is 0 Å². The number of hydrogen-bond donors (Lipinski definition) is 2. The average molecular weight is 417 g/mol. The highest BCUT2D eigenvalue weighted by Crippen LogP contribution is 2.38. The van der Waals surface area contributed by atoms with Crippen molar-refractivity contribution < 1.29 is 24.0 Å². The number of aromatic nitrogens is 1. The molecule has 0 bridgehead atoms. The van der Waals surface area contributed by atoms with Gasteiger partial charge in [0.05, 0.1) is 43.6 Å². The lowest BCUT2D eigenvalue weighted by molar-refractivity contribution is -0.904. The maximum Gasteiger partial charge on any atom is 0.340 e. The number of anilines is 1. The quantitative estimate of drug-likeness (QED) is 0.709. The largest absolute Gasteiger partial charge is 0.495 e.